The van der Waals surface area contributed by atoms with E-state index in [1.54, 1.807) is 38.3 Å². The summed E-state index contributed by atoms with van der Waals surface area (Å²) in [4.78, 5) is 24.3. The van der Waals surface area contributed by atoms with Gasteiger partial charge in [-0.15, -0.1) is 0 Å². The van der Waals surface area contributed by atoms with Crippen LogP contribution in [0.25, 0.3) is 6.08 Å². The lowest BCUT2D eigenvalue weighted by Gasteiger charge is -2.12. The van der Waals surface area contributed by atoms with Gasteiger partial charge in [-0.25, -0.2) is 4.79 Å². The molecule has 0 spiro atoms. The maximum Gasteiger partial charge on any atom is 0.331 e. The molecule has 0 saturated heterocycles. The van der Waals surface area contributed by atoms with Gasteiger partial charge in [0.1, 0.15) is 5.75 Å². The van der Waals surface area contributed by atoms with E-state index in [1.165, 1.54) is 6.08 Å². The highest BCUT2D eigenvalue weighted by Crippen LogP contribution is 2.14. The molecule has 0 N–H and O–H groups in total. The van der Waals surface area contributed by atoms with Gasteiger partial charge in [0.05, 0.1) is 7.11 Å². The van der Waals surface area contributed by atoms with Crippen LogP contribution in [0.5, 0.6) is 5.75 Å². The molecule has 1 atom stereocenters. The van der Waals surface area contributed by atoms with E-state index in [0.29, 0.717) is 5.56 Å². The molecule has 2 aromatic rings. The number of hydrogen-bond acceptors (Lipinski definition) is 4. The maximum absolute atomic E-state index is 12.4. The fourth-order valence-corrected chi connectivity index (χ4v) is 2.28. The van der Waals surface area contributed by atoms with Gasteiger partial charge in [0.2, 0.25) is 5.78 Å². The first-order valence-electron chi connectivity index (χ1n) is 8.05. The Balaban J connectivity index is 1.97. The molecule has 4 nitrogen and oxygen atoms in total. The minimum Gasteiger partial charge on any atom is -0.497 e. The molecule has 0 amide bonds. The number of hydrogen-bond donors (Lipinski definition) is 0. The predicted octanol–water partition coefficient (Wildman–Crippen LogP) is 4.14. The van der Waals surface area contributed by atoms with Crippen LogP contribution in [0.3, 0.4) is 0 Å². The monoisotopic (exact) mass is 338 g/mol. The Kier molecular flexibility index (Phi) is 6.12. The van der Waals surface area contributed by atoms with E-state index in [1.807, 2.05) is 38.1 Å². The maximum atomic E-state index is 12.4. The molecule has 0 aliphatic heterocycles. The van der Waals surface area contributed by atoms with E-state index in [9.17, 15) is 9.59 Å². The highest BCUT2D eigenvalue weighted by Gasteiger charge is 2.18. The van der Waals surface area contributed by atoms with Crippen LogP contribution < -0.4 is 4.74 Å². The van der Waals surface area contributed by atoms with Crippen molar-refractivity contribution in [3.8, 4) is 5.75 Å². The third-order valence-electron chi connectivity index (χ3n) is 3.98. The van der Waals surface area contributed by atoms with Crippen molar-refractivity contribution in [2.75, 3.05) is 7.11 Å². The predicted molar refractivity (Wildman–Crippen MR) is 97.8 cm³/mol. The van der Waals surface area contributed by atoms with E-state index >= 15 is 0 Å². The normalized spacial score (nSPS) is 12.0. The van der Waals surface area contributed by atoms with Crippen LogP contribution in [0.4, 0.5) is 0 Å². The minimum atomic E-state index is -0.838. The van der Waals surface area contributed by atoms with E-state index in [2.05, 4.69) is 0 Å². The Hall–Kier alpha value is -2.88. The Morgan fingerprint density at radius 2 is 1.68 bits per heavy atom. The second-order valence-corrected chi connectivity index (χ2v) is 5.85. The lowest BCUT2D eigenvalue weighted by atomic mass is 10.0. The largest absolute Gasteiger partial charge is 0.497 e. The van der Waals surface area contributed by atoms with Gasteiger partial charge < -0.3 is 9.47 Å². The molecular weight excluding hydrogens is 316 g/mol. The summed E-state index contributed by atoms with van der Waals surface area (Å²) in [5, 5.41) is 0. The van der Waals surface area contributed by atoms with Crippen LogP contribution in [0.15, 0.2) is 48.5 Å². The third-order valence-corrected chi connectivity index (χ3v) is 3.98. The number of methoxy groups -OCH3 is 1. The number of rotatable bonds is 6. The van der Waals surface area contributed by atoms with Gasteiger partial charge in [0.25, 0.3) is 0 Å². The van der Waals surface area contributed by atoms with Crippen molar-refractivity contribution in [2.24, 2.45) is 0 Å². The van der Waals surface area contributed by atoms with Gasteiger partial charge in [0, 0.05) is 11.6 Å². The summed E-state index contributed by atoms with van der Waals surface area (Å²) in [6.07, 6.45) is 2.11. The van der Waals surface area contributed by atoms with Gasteiger partial charge in [-0.05, 0) is 61.7 Å². The second-order valence-electron chi connectivity index (χ2n) is 5.85. The molecule has 0 radical (unpaired) electrons. The molecule has 0 aromatic heterocycles. The summed E-state index contributed by atoms with van der Waals surface area (Å²) in [7, 11) is 1.59. The summed E-state index contributed by atoms with van der Waals surface area (Å²) in [6, 6.07) is 12.7. The Morgan fingerprint density at radius 3 is 2.28 bits per heavy atom. The van der Waals surface area contributed by atoms with Gasteiger partial charge in [-0.3, -0.25) is 4.79 Å². The minimum absolute atomic E-state index is 0.214. The zero-order chi connectivity index (χ0) is 18.4. The summed E-state index contributed by atoms with van der Waals surface area (Å²) in [5.74, 6) is -0.0258. The van der Waals surface area contributed by atoms with Crippen molar-refractivity contribution in [2.45, 2.75) is 26.9 Å². The van der Waals surface area contributed by atoms with Gasteiger partial charge in [0.15, 0.2) is 6.10 Å². The van der Waals surface area contributed by atoms with Gasteiger partial charge in [-0.2, -0.15) is 0 Å². The number of ether oxygens (including phenoxy) is 2. The van der Waals surface area contributed by atoms with Crippen LogP contribution >= 0.6 is 0 Å². The molecule has 0 unspecified atom stereocenters. The first kappa shape index (κ1) is 18.5. The number of aryl methyl sites for hydroxylation is 2. The number of benzene rings is 2. The fraction of sp³-hybridized carbons (Fsp3) is 0.238. The zero-order valence-electron chi connectivity index (χ0n) is 14.9. The van der Waals surface area contributed by atoms with Crippen molar-refractivity contribution in [3.05, 3.63) is 70.8 Å². The summed E-state index contributed by atoms with van der Waals surface area (Å²) >= 11 is 0. The van der Waals surface area contributed by atoms with Crippen LogP contribution in [-0.4, -0.2) is 25.0 Å². The van der Waals surface area contributed by atoms with Crippen LogP contribution in [-0.2, 0) is 9.53 Å². The van der Waals surface area contributed by atoms with E-state index in [4.69, 9.17) is 9.47 Å². The topological polar surface area (TPSA) is 52.6 Å². The highest BCUT2D eigenvalue weighted by molar-refractivity contribution is 6.01. The molecule has 2 aromatic carbocycles. The van der Waals surface area contributed by atoms with Crippen molar-refractivity contribution in [3.63, 3.8) is 0 Å². The Labute approximate surface area is 148 Å². The summed E-state index contributed by atoms with van der Waals surface area (Å²) in [5.41, 5.74) is 3.53. The quantitative estimate of drug-likeness (QED) is 0.451. The van der Waals surface area contributed by atoms with Crippen LogP contribution in [0, 0.1) is 13.8 Å². The summed E-state index contributed by atoms with van der Waals surface area (Å²) < 4.78 is 10.3. The lowest BCUT2D eigenvalue weighted by molar-refractivity contribution is -0.140. The Bertz CT molecular complexity index is 788. The molecule has 0 bridgehead atoms. The second kappa shape index (κ2) is 8.29. The number of Topliss-reactive ketones (excluding diaryl/α,β-unsaturated/α-hetero) is 1. The first-order chi connectivity index (χ1) is 11.9. The summed E-state index contributed by atoms with van der Waals surface area (Å²) in [6.45, 7) is 5.51. The molecule has 25 heavy (non-hydrogen) atoms. The average molecular weight is 338 g/mol. The number of ketones is 1. The van der Waals surface area contributed by atoms with Crippen LogP contribution in [0.2, 0.25) is 0 Å². The van der Waals surface area contributed by atoms with E-state index in [0.717, 1.165) is 22.4 Å². The standard InChI is InChI=1S/C21H22O4/c1-14-5-9-18(13-15(14)2)21(23)16(3)25-20(22)12-8-17-6-10-19(24-4)11-7-17/h5-13,16H,1-4H3/b12-8+/t16-/m0/s1. The third kappa shape index (κ3) is 5.05. The fourth-order valence-electron chi connectivity index (χ4n) is 2.28. The van der Waals surface area contributed by atoms with Crippen molar-refractivity contribution >= 4 is 17.8 Å². The zero-order valence-corrected chi connectivity index (χ0v) is 14.9. The smallest absolute Gasteiger partial charge is 0.331 e. The molecule has 0 fully saturated rings. The molecule has 130 valence electrons. The molecule has 2 rings (SSSR count). The average Bonchev–Trinajstić information content (AvgIpc) is 2.62. The molecule has 0 aliphatic rings. The number of carbonyl (C=O) groups is 2. The highest BCUT2D eigenvalue weighted by atomic mass is 16.5. The number of esters is 1. The van der Waals surface area contributed by atoms with Gasteiger partial charge >= 0.3 is 5.97 Å². The number of carbonyl (C=O) groups excluding carboxylic acids is 2. The van der Waals surface area contributed by atoms with Crippen molar-refractivity contribution in [1.82, 2.24) is 0 Å². The molecule has 0 aliphatic carbocycles. The lowest BCUT2D eigenvalue weighted by Crippen LogP contribution is -2.23. The van der Waals surface area contributed by atoms with Gasteiger partial charge in [-0.1, -0.05) is 24.3 Å². The molecular formula is C21H22O4. The molecule has 4 heteroatoms. The van der Waals surface area contributed by atoms with E-state index < -0.39 is 12.1 Å². The van der Waals surface area contributed by atoms with E-state index in [-0.39, 0.29) is 5.78 Å². The van der Waals surface area contributed by atoms with Crippen LogP contribution in [0.1, 0.15) is 34.0 Å². The van der Waals surface area contributed by atoms with Crippen molar-refractivity contribution < 1.29 is 19.1 Å². The SMILES string of the molecule is COc1ccc(/C=C/C(=O)O[C@@H](C)C(=O)c2ccc(C)c(C)c2)cc1. The molecule has 0 saturated carbocycles. The molecule has 0 heterocycles. The first-order valence-corrected chi connectivity index (χ1v) is 8.05. The van der Waals surface area contributed by atoms with Crippen molar-refractivity contribution in [1.29, 1.82) is 0 Å². The Morgan fingerprint density at radius 1 is 1.00 bits per heavy atom.